The van der Waals surface area contributed by atoms with E-state index in [9.17, 15) is 9.59 Å². The molecule has 0 aliphatic carbocycles. The molecule has 1 N–H and O–H groups in total. The Balaban J connectivity index is 1.75. The van der Waals surface area contributed by atoms with Crippen LogP contribution in [0.3, 0.4) is 0 Å². The Bertz CT molecular complexity index is 736. The fourth-order valence-electron chi connectivity index (χ4n) is 2.29. The van der Waals surface area contributed by atoms with E-state index >= 15 is 0 Å². The van der Waals surface area contributed by atoms with E-state index in [1.54, 1.807) is 9.47 Å². The van der Waals surface area contributed by atoms with Crippen LogP contribution >= 0.6 is 0 Å². The Kier molecular flexibility index (Phi) is 2.96. The Hall–Kier alpha value is -2.38. The third-order valence-corrected chi connectivity index (χ3v) is 3.23. The lowest BCUT2D eigenvalue weighted by Gasteiger charge is -2.39. The molecule has 3 rings (SSSR count). The van der Waals surface area contributed by atoms with Gasteiger partial charge in [0.15, 0.2) is 11.3 Å². The minimum absolute atomic E-state index is 0.101. The Morgan fingerprint density at radius 2 is 2.00 bits per heavy atom. The smallest absolute Gasteiger partial charge is 0.410 e. The van der Waals surface area contributed by atoms with Gasteiger partial charge >= 0.3 is 11.8 Å². The first kappa shape index (κ1) is 13.6. The van der Waals surface area contributed by atoms with Crippen LogP contribution in [0.1, 0.15) is 26.8 Å². The van der Waals surface area contributed by atoms with Gasteiger partial charge in [0.2, 0.25) is 0 Å². The molecule has 0 saturated carbocycles. The van der Waals surface area contributed by atoms with E-state index in [4.69, 9.17) is 4.74 Å². The minimum atomic E-state index is -0.523. The summed E-state index contributed by atoms with van der Waals surface area (Å²) in [5.41, 5.74) is 0.185. The minimum Gasteiger partial charge on any atom is -0.444 e. The van der Waals surface area contributed by atoms with Crippen LogP contribution in [-0.4, -0.2) is 49.2 Å². The Morgan fingerprint density at radius 3 is 2.67 bits per heavy atom. The molecular formula is C13H17N5O3. The molecule has 0 spiro atoms. The van der Waals surface area contributed by atoms with E-state index in [-0.39, 0.29) is 17.8 Å². The van der Waals surface area contributed by atoms with Crippen LogP contribution in [0.5, 0.6) is 0 Å². The number of hydrogen-bond acceptors (Lipinski definition) is 5. The summed E-state index contributed by atoms with van der Waals surface area (Å²) in [6.07, 6.45) is 2.70. The van der Waals surface area contributed by atoms with E-state index < -0.39 is 5.60 Å². The third kappa shape index (κ3) is 2.48. The number of carbonyl (C=O) groups excluding carboxylic acids is 1. The van der Waals surface area contributed by atoms with Crippen molar-refractivity contribution >= 4 is 17.4 Å². The van der Waals surface area contributed by atoms with Gasteiger partial charge in [-0.2, -0.15) is 0 Å². The zero-order valence-electron chi connectivity index (χ0n) is 12.2. The maximum atomic E-state index is 12.0. The van der Waals surface area contributed by atoms with Crippen LogP contribution in [0.4, 0.5) is 4.79 Å². The summed E-state index contributed by atoms with van der Waals surface area (Å²) in [6, 6.07) is -0.101. The molecule has 8 heteroatoms. The highest BCUT2D eigenvalue weighted by Crippen LogP contribution is 2.24. The SMILES string of the molecule is CC(C)(C)OC(=O)N1CC(n2c(=O)[nH]c3nccnc32)C1. The van der Waals surface area contributed by atoms with Gasteiger partial charge in [0, 0.05) is 25.5 Å². The molecule has 2 aromatic rings. The number of carbonyl (C=O) groups is 1. The average Bonchev–Trinajstić information content (AvgIpc) is 2.62. The van der Waals surface area contributed by atoms with E-state index in [0.717, 1.165) is 0 Å². The molecule has 1 fully saturated rings. The van der Waals surface area contributed by atoms with Gasteiger partial charge in [0.25, 0.3) is 0 Å². The largest absolute Gasteiger partial charge is 0.444 e. The van der Waals surface area contributed by atoms with Crippen LogP contribution in [0.15, 0.2) is 17.2 Å². The van der Waals surface area contributed by atoms with Crippen molar-refractivity contribution in [1.29, 1.82) is 0 Å². The topological polar surface area (TPSA) is 93.1 Å². The van der Waals surface area contributed by atoms with Gasteiger partial charge in [0.1, 0.15) is 5.60 Å². The number of aromatic amines is 1. The molecule has 0 radical (unpaired) electrons. The van der Waals surface area contributed by atoms with Crippen molar-refractivity contribution in [3.8, 4) is 0 Å². The van der Waals surface area contributed by atoms with Gasteiger partial charge < -0.3 is 9.64 Å². The van der Waals surface area contributed by atoms with Crippen molar-refractivity contribution in [2.45, 2.75) is 32.4 Å². The summed E-state index contributed by atoms with van der Waals surface area (Å²) < 4.78 is 6.83. The fraction of sp³-hybridized carbons (Fsp3) is 0.538. The highest BCUT2D eigenvalue weighted by molar-refractivity contribution is 5.70. The molecule has 3 heterocycles. The second-order valence-corrected chi connectivity index (χ2v) is 6.07. The molecule has 8 nitrogen and oxygen atoms in total. The highest BCUT2D eigenvalue weighted by atomic mass is 16.6. The molecule has 112 valence electrons. The van der Waals surface area contributed by atoms with Crippen LogP contribution in [0.25, 0.3) is 11.3 Å². The summed E-state index contributed by atoms with van der Waals surface area (Å²) in [7, 11) is 0. The number of amides is 1. The maximum Gasteiger partial charge on any atom is 0.410 e. The second-order valence-electron chi connectivity index (χ2n) is 6.07. The lowest BCUT2D eigenvalue weighted by Crippen LogP contribution is -2.53. The summed E-state index contributed by atoms with van der Waals surface area (Å²) in [5.74, 6) is 0. The lowest BCUT2D eigenvalue weighted by atomic mass is 10.1. The van der Waals surface area contributed by atoms with Gasteiger partial charge in [0.05, 0.1) is 6.04 Å². The molecule has 0 atom stereocenters. The number of H-pyrrole nitrogens is 1. The second kappa shape index (κ2) is 4.57. The number of aromatic nitrogens is 4. The van der Waals surface area contributed by atoms with E-state index in [1.165, 1.54) is 12.4 Å². The zero-order chi connectivity index (χ0) is 15.2. The first-order chi connectivity index (χ1) is 9.85. The molecular weight excluding hydrogens is 274 g/mol. The number of rotatable bonds is 1. The quantitative estimate of drug-likeness (QED) is 0.843. The zero-order valence-corrected chi connectivity index (χ0v) is 12.2. The number of nitrogens with one attached hydrogen (secondary N) is 1. The van der Waals surface area contributed by atoms with Gasteiger partial charge in [-0.15, -0.1) is 0 Å². The monoisotopic (exact) mass is 291 g/mol. The third-order valence-electron chi connectivity index (χ3n) is 3.23. The Labute approximate surface area is 120 Å². The van der Waals surface area contributed by atoms with Crippen molar-refractivity contribution in [3.05, 3.63) is 22.9 Å². The van der Waals surface area contributed by atoms with Crippen molar-refractivity contribution < 1.29 is 9.53 Å². The summed E-state index contributed by atoms with van der Waals surface area (Å²) >= 11 is 0. The molecule has 1 aliphatic heterocycles. The standard InChI is InChI=1S/C13H17N5O3/c1-13(2,3)21-12(20)17-6-8(7-17)18-10-9(16-11(18)19)14-4-5-15-10/h4-5,8H,6-7H2,1-3H3,(H,14,16,19). The lowest BCUT2D eigenvalue weighted by molar-refractivity contribution is 0.00110. The van der Waals surface area contributed by atoms with Crippen molar-refractivity contribution in [1.82, 2.24) is 24.4 Å². The predicted octanol–water partition coefficient (Wildman–Crippen LogP) is 0.911. The van der Waals surface area contributed by atoms with Gasteiger partial charge in [-0.1, -0.05) is 0 Å². The van der Waals surface area contributed by atoms with Crippen molar-refractivity contribution in [2.75, 3.05) is 13.1 Å². The van der Waals surface area contributed by atoms with Crippen LogP contribution < -0.4 is 5.69 Å². The molecule has 1 amide bonds. The number of imidazole rings is 1. The average molecular weight is 291 g/mol. The van der Waals surface area contributed by atoms with E-state index in [0.29, 0.717) is 24.4 Å². The van der Waals surface area contributed by atoms with Gasteiger partial charge in [-0.05, 0) is 20.8 Å². The highest BCUT2D eigenvalue weighted by Gasteiger charge is 2.36. The first-order valence-corrected chi connectivity index (χ1v) is 6.74. The number of likely N-dealkylation sites (tertiary alicyclic amines) is 1. The number of hydrogen-bond donors (Lipinski definition) is 1. The van der Waals surface area contributed by atoms with E-state index in [1.807, 2.05) is 20.8 Å². The first-order valence-electron chi connectivity index (χ1n) is 6.74. The van der Waals surface area contributed by atoms with Gasteiger partial charge in [-0.25, -0.2) is 19.6 Å². The number of nitrogens with zero attached hydrogens (tertiary/aromatic N) is 4. The van der Waals surface area contributed by atoms with Crippen molar-refractivity contribution in [2.24, 2.45) is 0 Å². The molecule has 0 unspecified atom stereocenters. The molecule has 0 bridgehead atoms. The Morgan fingerprint density at radius 1 is 1.33 bits per heavy atom. The van der Waals surface area contributed by atoms with Crippen LogP contribution in [0, 0.1) is 0 Å². The van der Waals surface area contributed by atoms with Crippen LogP contribution in [-0.2, 0) is 4.74 Å². The summed E-state index contributed by atoms with van der Waals surface area (Å²) in [6.45, 7) is 6.32. The summed E-state index contributed by atoms with van der Waals surface area (Å²) in [4.78, 5) is 36.3. The molecule has 1 saturated heterocycles. The fourth-order valence-corrected chi connectivity index (χ4v) is 2.29. The van der Waals surface area contributed by atoms with Crippen LogP contribution in [0.2, 0.25) is 0 Å². The van der Waals surface area contributed by atoms with Gasteiger partial charge in [-0.3, -0.25) is 9.55 Å². The van der Waals surface area contributed by atoms with Crippen molar-refractivity contribution in [3.63, 3.8) is 0 Å². The maximum absolute atomic E-state index is 12.0. The normalized spacial score (nSPS) is 16.0. The van der Waals surface area contributed by atoms with E-state index in [2.05, 4.69) is 15.0 Å². The summed E-state index contributed by atoms with van der Waals surface area (Å²) in [5, 5.41) is 0. The molecule has 2 aromatic heterocycles. The molecule has 1 aliphatic rings. The molecule has 0 aromatic carbocycles. The molecule has 21 heavy (non-hydrogen) atoms. The predicted molar refractivity (Wildman–Crippen MR) is 75.0 cm³/mol. The number of ether oxygens (including phenoxy) is 1. The number of fused-ring (bicyclic) bond motifs is 1.